The lowest BCUT2D eigenvalue weighted by atomic mass is 9.84. The minimum Gasteiger partial charge on any atom is -0.480 e. The molecule has 0 spiro atoms. The average Bonchev–Trinajstić information content (AvgIpc) is 0.826. The van der Waals surface area contributed by atoms with Gasteiger partial charge in [-0.15, -0.1) is 22.7 Å². The highest BCUT2D eigenvalue weighted by molar-refractivity contribution is 7.95. The molecule has 1 fully saturated rings. The van der Waals surface area contributed by atoms with Gasteiger partial charge in [0, 0.05) is 49.6 Å². The van der Waals surface area contributed by atoms with E-state index in [9.17, 15) is 92.4 Å². The van der Waals surface area contributed by atoms with Crippen molar-refractivity contribution in [3.8, 4) is 0 Å². The molecule has 0 aliphatic heterocycles. The number of amides is 4. The lowest BCUT2D eigenvalue weighted by Crippen LogP contribution is -2.51. The topological polar surface area (TPSA) is 402 Å². The lowest BCUT2D eigenvalue weighted by molar-refractivity contribution is -0.142. The molecule has 4 amide bonds. The van der Waals surface area contributed by atoms with E-state index in [4.69, 9.17) is 25.8 Å². The van der Waals surface area contributed by atoms with Gasteiger partial charge < -0.3 is 35.4 Å². The maximum atomic E-state index is 12.9. The number of nitrogens with one attached hydrogen (secondary N) is 4. The number of nitrogens with zero attached hydrogens (tertiary/aromatic N) is 4. The molecule has 1 saturated carbocycles. The Bertz CT molecular complexity index is 5540. The molecule has 5 N–H and O–H groups in total. The Labute approximate surface area is 713 Å². The molecule has 1 aliphatic rings. The fraction of sp³-hybridized carbons (Fsp3) is 0.420. The number of carbonyl (C=O) groups excluding carboxylic acids is 4. The second-order valence-corrected chi connectivity index (χ2v) is 48.3. The number of thiazole rings is 2. The largest absolute Gasteiger partial charge is 0.480 e. The first-order valence-electron chi connectivity index (χ1n) is 36.7. The van der Waals surface area contributed by atoms with Crippen molar-refractivity contribution in [2.45, 2.75) is 240 Å². The Morgan fingerprint density at radius 3 is 0.950 bits per heavy atom. The van der Waals surface area contributed by atoms with Gasteiger partial charge in [-0.3, -0.25) is 24.0 Å². The highest BCUT2D eigenvalue weighted by Crippen LogP contribution is 2.44. The van der Waals surface area contributed by atoms with Crippen molar-refractivity contribution in [3.63, 3.8) is 0 Å². The van der Waals surface area contributed by atoms with E-state index in [1.807, 2.05) is 88.5 Å². The molecule has 0 bridgehead atoms. The number of carboxylic acids is 1. The van der Waals surface area contributed by atoms with Crippen molar-refractivity contribution in [1.82, 2.24) is 20.3 Å². The number of anilines is 4. The summed E-state index contributed by atoms with van der Waals surface area (Å²) in [6.45, 7) is 33.4. The van der Waals surface area contributed by atoms with Crippen molar-refractivity contribution >= 4 is 135 Å². The molecule has 4 heterocycles. The van der Waals surface area contributed by atoms with Crippen molar-refractivity contribution < 1.29 is 107 Å². The normalized spacial score (nSPS) is 13.9. The third-order valence-electron chi connectivity index (χ3n) is 19.1. The predicted molar refractivity (Wildman–Crippen MR) is 450 cm³/mol. The van der Waals surface area contributed by atoms with Gasteiger partial charge in [0.15, 0.2) is 75.8 Å². The van der Waals surface area contributed by atoms with Crippen LogP contribution >= 0.6 is 34.3 Å². The molecule has 5 aromatic carbocycles. The van der Waals surface area contributed by atoms with Gasteiger partial charge in [-0.1, -0.05) is 154 Å². The lowest BCUT2D eigenvalue weighted by Gasteiger charge is -2.36. The van der Waals surface area contributed by atoms with Gasteiger partial charge in [0.25, 0.3) is 0 Å². The second-order valence-electron chi connectivity index (χ2n) is 33.9. The smallest absolute Gasteiger partial charge is 0.416 e. The van der Waals surface area contributed by atoms with Crippen LogP contribution in [0.4, 0.5) is 48.2 Å². The summed E-state index contributed by atoms with van der Waals surface area (Å²) in [5.41, 5.74) is -1.66. The summed E-state index contributed by atoms with van der Waals surface area (Å²) in [6, 6.07) is 31.2. The number of halogens is 7. The molecule has 1 aliphatic carbocycles. The van der Waals surface area contributed by atoms with Crippen molar-refractivity contribution in [3.05, 3.63) is 195 Å². The third-order valence-corrected chi connectivity index (χ3v) is 33.0. The number of benzene rings is 5. The predicted octanol–water partition coefficient (Wildman–Crippen LogP) is 17.7. The van der Waals surface area contributed by atoms with Gasteiger partial charge in [0.05, 0.1) is 47.0 Å². The first kappa shape index (κ1) is 101. The van der Waals surface area contributed by atoms with Crippen LogP contribution in [0.1, 0.15) is 192 Å². The van der Waals surface area contributed by atoms with Crippen LogP contribution in [0.5, 0.6) is 0 Å². The quantitative estimate of drug-likeness (QED) is 0.0469. The fourth-order valence-electron chi connectivity index (χ4n) is 10.2. The fourth-order valence-corrected chi connectivity index (χ4v) is 19.9. The first-order valence-corrected chi connectivity index (χ1v) is 46.3. The number of hydrogen-bond acceptors (Lipinski definition) is 23. The van der Waals surface area contributed by atoms with Crippen LogP contribution in [0, 0.1) is 0 Å². The van der Waals surface area contributed by atoms with Crippen LogP contribution in [-0.2, 0) is 107 Å². The molecule has 40 heteroatoms. The van der Waals surface area contributed by atoms with Crippen LogP contribution in [0.2, 0.25) is 5.02 Å². The first-order chi connectivity index (χ1) is 54.9. The van der Waals surface area contributed by atoms with Gasteiger partial charge in [-0.05, 0) is 160 Å². The van der Waals surface area contributed by atoms with Crippen LogP contribution in [-0.4, -0.2) is 121 Å². The highest BCUT2D eigenvalue weighted by Gasteiger charge is 2.56. The van der Waals surface area contributed by atoms with E-state index < -0.39 is 136 Å². The molecule has 9 aromatic rings. The van der Waals surface area contributed by atoms with Crippen LogP contribution in [0.25, 0.3) is 0 Å². The number of carbonyl (C=O) groups is 5. The zero-order chi connectivity index (χ0) is 92.1. The molecule has 26 nitrogen and oxygen atoms in total. The Balaban J connectivity index is 0.000000236. The maximum Gasteiger partial charge on any atom is 0.416 e. The molecule has 0 unspecified atom stereocenters. The van der Waals surface area contributed by atoms with Crippen LogP contribution < -0.4 is 21.3 Å². The van der Waals surface area contributed by atoms with Crippen molar-refractivity contribution in [2.24, 2.45) is 0 Å². The Hall–Kier alpha value is -9.25. The van der Waals surface area contributed by atoms with Gasteiger partial charge in [-0.25, -0.2) is 52.1 Å². The summed E-state index contributed by atoms with van der Waals surface area (Å²) in [6.07, 6.45) is -8.43. The monoisotopic (exact) mass is 1840 g/mol. The summed E-state index contributed by atoms with van der Waals surface area (Å²) < 4.78 is 206. The van der Waals surface area contributed by atoms with Crippen molar-refractivity contribution in [1.29, 1.82) is 0 Å². The maximum absolute atomic E-state index is 12.9. The van der Waals surface area contributed by atoms with E-state index in [0.717, 1.165) is 86.8 Å². The summed E-state index contributed by atoms with van der Waals surface area (Å²) in [4.78, 5) is 69.3. The Morgan fingerprint density at radius 1 is 0.397 bits per heavy atom. The summed E-state index contributed by atoms with van der Waals surface area (Å²) in [5.74, 6) is -3.07. The van der Waals surface area contributed by atoms with E-state index in [2.05, 4.69) is 41.5 Å². The van der Waals surface area contributed by atoms with E-state index in [-0.39, 0.29) is 66.0 Å². The van der Waals surface area contributed by atoms with Crippen LogP contribution in [0.3, 0.4) is 0 Å². The minimum atomic E-state index is -4.71. The van der Waals surface area contributed by atoms with Gasteiger partial charge in [-0.2, -0.15) is 26.3 Å². The van der Waals surface area contributed by atoms with E-state index >= 15 is 0 Å². The molecular weight excluding hydrogens is 1750 g/mol. The molecular formula is C81H97ClF6N8O18S7. The second kappa shape index (κ2) is 36.7. The molecule has 0 radical (unpaired) electrons. The number of aliphatic carboxylic acids is 1. The van der Waals surface area contributed by atoms with E-state index in [0.29, 0.717) is 40.2 Å². The standard InChI is InChI=1S/C18H21F3N2O4S.C18H21F3N2O3S2.C17H22N2O4S.C17H22N2O3S2.C11H11ClO4S/c1-16(2,3)13-10-14(23-27-13)22-15(24)17(4,5)28(25,26)12-8-6-7-11(9-12)18(19,20)21;1-16(2,3)13-10-27-15(22-13)23-14(24)17(4,5)28(25,26)12-8-6-7-11(9-12)18(19,20)21;1-16(2,3)13-11-14(19-23-13)18-15(20)17(4,5)24(21,22)12-9-7-6-8-10-12;1-16(2,3)13-11-23-15(18-13)19-14(20)17(4,5)24(21,22)12-9-7-6-8-10-12;12-8-2-4-9(5-3-8)17(15,16)11(10(13)14)6-1-7-11/h2*6-10H,1-5H3,(H,22,23,24);2*6-11H,1-5H3,(H,18,19,20);2-5H,1,6-7H2,(H,13,14). The molecule has 0 atom stereocenters. The summed E-state index contributed by atoms with van der Waals surface area (Å²) >= 11 is 8.11. The zero-order valence-electron chi connectivity index (χ0n) is 69.8. The molecule has 121 heavy (non-hydrogen) atoms. The van der Waals surface area contributed by atoms with E-state index in [1.165, 1.54) is 93.6 Å². The molecule has 4 aromatic heterocycles. The number of hydrogen-bond donors (Lipinski definition) is 5. The number of carboxylic acid groups (broad SMARTS) is 1. The third kappa shape index (κ3) is 23.2. The molecule has 10 rings (SSSR count). The Morgan fingerprint density at radius 2 is 0.694 bits per heavy atom. The number of aromatic nitrogens is 4. The number of alkyl halides is 6. The van der Waals surface area contributed by atoms with Gasteiger partial charge in [0.2, 0.25) is 23.6 Å². The number of rotatable bonds is 19. The summed E-state index contributed by atoms with van der Waals surface area (Å²) in [7, 11) is -20.3. The summed E-state index contributed by atoms with van der Waals surface area (Å²) in [5, 5.41) is 31.3. The van der Waals surface area contributed by atoms with Gasteiger partial charge in [0.1, 0.15) is 30.5 Å². The minimum absolute atomic E-state index is 0.0160. The molecule has 660 valence electrons. The van der Waals surface area contributed by atoms with Gasteiger partial charge >= 0.3 is 18.3 Å². The average molecular weight is 1840 g/mol. The Kier molecular flexibility index (Phi) is 30.5. The number of sulfone groups is 5. The zero-order valence-corrected chi connectivity index (χ0v) is 76.3. The SMILES string of the molecule is CC(C)(C)c1cc(NC(=O)C(C)(C)S(=O)(=O)c2cccc(C(F)(F)F)c2)no1.CC(C)(C)c1cc(NC(=O)C(C)(C)S(=O)(=O)c2ccccc2)no1.CC(C)(C)c1csc(NC(=O)C(C)(C)S(=O)(=O)c2cccc(C(F)(F)F)c2)n1.CC(C)(C)c1csc(NC(=O)C(C)(C)S(=O)(=O)c2ccccc2)n1.O=C(O)C1(S(=O)(=O)c2ccc(Cl)cc2)CCC1. The van der Waals surface area contributed by atoms with E-state index in [1.54, 1.807) is 47.8 Å². The highest BCUT2D eigenvalue weighted by atomic mass is 35.5. The van der Waals surface area contributed by atoms with Crippen molar-refractivity contribution in [2.75, 3.05) is 21.3 Å². The molecule has 0 saturated heterocycles. The van der Waals surface area contributed by atoms with Crippen LogP contribution in [0.15, 0.2) is 190 Å².